The summed E-state index contributed by atoms with van der Waals surface area (Å²) in [6, 6.07) is 11.3. The Kier molecular flexibility index (Phi) is 3.99. The van der Waals surface area contributed by atoms with Crippen molar-refractivity contribution in [1.29, 1.82) is 0 Å². The highest BCUT2D eigenvalue weighted by atomic mass is 16.6. The molecule has 7 nitrogen and oxygen atoms in total. The van der Waals surface area contributed by atoms with Crippen LogP contribution in [0, 0.1) is 17.0 Å². The van der Waals surface area contributed by atoms with Gasteiger partial charge in [0.15, 0.2) is 0 Å². The molecule has 0 amide bonds. The second-order valence-electron chi connectivity index (χ2n) is 5.23. The first kappa shape index (κ1) is 15.7. The van der Waals surface area contributed by atoms with Gasteiger partial charge in [-0.3, -0.25) is 4.40 Å². The third kappa shape index (κ3) is 2.60. The van der Waals surface area contributed by atoms with E-state index in [9.17, 15) is 14.9 Å². The highest BCUT2D eigenvalue weighted by molar-refractivity contribution is 5.93. The molecule has 3 rings (SSSR count). The molecule has 0 saturated heterocycles. The van der Waals surface area contributed by atoms with Crippen LogP contribution in [0.4, 0.5) is 5.82 Å². The summed E-state index contributed by atoms with van der Waals surface area (Å²) in [6.07, 6.45) is 1.69. The lowest BCUT2D eigenvalue weighted by molar-refractivity contribution is -0.389. The van der Waals surface area contributed by atoms with Crippen molar-refractivity contribution in [3.05, 3.63) is 64.0 Å². The molecule has 2 aromatic heterocycles. The highest BCUT2D eigenvalue weighted by Gasteiger charge is 2.30. The van der Waals surface area contributed by atoms with Gasteiger partial charge in [-0.25, -0.2) is 4.79 Å². The van der Waals surface area contributed by atoms with Crippen LogP contribution in [-0.4, -0.2) is 26.9 Å². The molecule has 0 fully saturated rings. The third-order valence-corrected chi connectivity index (χ3v) is 3.68. The Morgan fingerprint density at radius 2 is 2.04 bits per heavy atom. The molecule has 0 atom stereocenters. The van der Waals surface area contributed by atoms with Crippen molar-refractivity contribution in [1.82, 2.24) is 9.38 Å². The number of benzene rings is 1. The molecular formula is C17H15N3O4. The van der Waals surface area contributed by atoms with E-state index in [1.165, 1.54) is 4.40 Å². The zero-order valence-electron chi connectivity index (χ0n) is 13.2. The fourth-order valence-electron chi connectivity index (χ4n) is 2.61. The number of carbonyl (C=O) groups excluding carboxylic acids is 1. The number of hydrogen-bond acceptors (Lipinski definition) is 5. The average Bonchev–Trinajstić information content (AvgIpc) is 2.93. The number of nitrogens with zero attached hydrogens (tertiary/aromatic N) is 3. The second kappa shape index (κ2) is 6.11. The fraction of sp³-hybridized carbons (Fsp3) is 0.176. The summed E-state index contributed by atoms with van der Waals surface area (Å²) in [7, 11) is 0. The summed E-state index contributed by atoms with van der Waals surface area (Å²) < 4.78 is 6.38. The summed E-state index contributed by atoms with van der Waals surface area (Å²) in [6.45, 7) is 3.67. The molecule has 0 unspecified atom stereocenters. The third-order valence-electron chi connectivity index (χ3n) is 3.68. The number of pyridine rings is 1. The Morgan fingerprint density at radius 3 is 2.67 bits per heavy atom. The zero-order chi connectivity index (χ0) is 17.3. The molecule has 24 heavy (non-hydrogen) atoms. The molecule has 1 aromatic carbocycles. The minimum absolute atomic E-state index is 0.126. The van der Waals surface area contributed by atoms with E-state index in [-0.39, 0.29) is 12.3 Å². The van der Waals surface area contributed by atoms with Gasteiger partial charge in [-0.1, -0.05) is 30.3 Å². The SMILES string of the molecule is CCOC(=O)c1c([N+](=O)[O-])nc2cc(C)c(-c3ccccc3)cn12. The lowest BCUT2D eigenvalue weighted by atomic mass is 10.0. The standard InChI is InChI=1S/C17H15N3O4/c1-3-24-17(21)15-16(20(22)23)18-14-9-11(2)13(10-19(14)15)12-7-5-4-6-8-12/h4-10H,3H2,1-2H3. The molecule has 0 N–H and O–H groups in total. The Bertz CT molecular complexity index is 932. The molecule has 0 saturated carbocycles. The maximum Gasteiger partial charge on any atom is 0.397 e. The van der Waals surface area contributed by atoms with Crippen LogP contribution in [0.25, 0.3) is 16.8 Å². The van der Waals surface area contributed by atoms with Crippen molar-refractivity contribution in [2.24, 2.45) is 0 Å². The number of aryl methyl sites for hydroxylation is 1. The minimum Gasteiger partial charge on any atom is -0.461 e. The van der Waals surface area contributed by atoms with Crippen LogP contribution in [-0.2, 0) is 4.74 Å². The topological polar surface area (TPSA) is 86.7 Å². The van der Waals surface area contributed by atoms with E-state index in [2.05, 4.69) is 4.98 Å². The van der Waals surface area contributed by atoms with Gasteiger partial charge in [0.1, 0.15) is 0 Å². The van der Waals surface area contributed by atoms with Gasteiger partial charge in [-0.2, -0.15) is 0 Å². The quantitative estimate of drug-likeness (QED) is 0.417. The lowest BCUT2D eigenvalue weighted by Gasteiger charge is -2.07. The van der Waals surface area contributed by atoms with E-state index in [0.29, 0.717) is 5.65 Å². The van der Waals surface area contributed by atoms with E-state index >= 15 is 0 Å². The van der Waals surface area contributed by atoms with E-state index in [1.54, 1.807) is 19.2 Å². The van der Waals surface area contributed by atoms with Crippen LogP contribution >= 0.6 is 0 Å². The van der Waals surface area contributed by atoms with Crippen molar-refractivity contribution in [3.63, 3.8) is 0 Å². The van der Waals surface area contributed by atoms with Gasteiger partial charge >= 0.3 is 11.8 Å². The molecule has 0 aliphatic carbocycles. The summed E-state index contributed by atoms with van der Waals surface area (Å²) in [5.41, 5.74) is 2.88. The summed E-state index contributed by atoms with van der Waals surface area (Å²) in [5.74, 6) is -1.27. The van der Waals surface area contributed by atoms with Gasteiger partial charge in [0.2, 0.25) is 5.69 Å². The van der Waals surface area contributed by atoms with Gasteiger partial charge in [0, 0.05) is 17.8 Å². The Labute approximate surface area is 137 Å². The molecule has 2 heterocycles. The van der Waals surface area contributed by atoms with Crippen molar-refractivity contribution in [2.75, 3.05) is 6.61 Å². The number of fused-ring (bicyclic) bond motifs is 1. The van der Waals surface area contributed by atoms with Crippen LogP contribution < -0.4 is 0 Å². The van der Waals surface area contributed by atoms with Crippen molar-refractivity contribution >= 4 is 17.4 Å². The summed E-state index contributed by atoms with van der Waals surface area (Å²) in [5, 5.41) is 11.3. The molecule has 3 aromatic rings. The first-order chi connectivity index (χ1) is 11.5. The maximum absolute atomic E-state index is 12.2. The van der Waals surface area contributed by atoms with Gasteiger partial charge in [0.05, 0.1) is 6.61 Å². The highest BCUT2D eigenvalue weighted by Crippen LogP contribution is 2.28. The summed E-state index contributed by atoms with van der Waals surface area (Å²) in [4.78, 5) is 26.8. The molecule has 0 aliphatic rings. The zero-order valence-corrected chi connectivity index (χ0v) is 13.2. The van der Waals surface area contributed by atoms with E-state index in [1.807, 2.05) is 37.3 Å². The normalized spacial score (nSPS) is 10.8. The number of aromatic nitrogens is 2. The number of carbonyl (C=O) groups is 1. The molecular weight excluding hydrogens is 310 g/mol. The molecule has 122 valence electrons. The molecule has 0 bridgehead atoms. The van der Waals surface area contributed by atoms with Crippen LogP contribution in [0.1, 0.15) is 23.0 Å². The molecule has 0 aliphatic heterocycles. The van der Waals surface area contributed by atoms with Gasteiger partial charge < -0.3 is 14.9 Å². The maximum atomic E-state index is 12.2. The number of hydrogen-bond donors (Lipinski definition) is 0. The monoisotopic (exact) mass is 325 g/mol. The Balaban J connectivity index is 2.29. The first-order valence-electron chi connectivity index (χ1n) is 7.42. The van der Waals surface area contributed by atoms with Gasteiger partial charge in [0.25, 0.3) is 5.65 Å². The number of imidazole rings is 1. The number of ether oxygens (including phenoxy) is 1. The van der Waals surface area contributed by atoms with Gasteiger partial charge in [-0.15, -0.1) is 0 Å². The number of esters is 1. The predicted octanol–water partition coefficient (Wildman–Crippen LogP) is 3.39. The predicted molar refractivity (Wildman–Crippen MR) is 88.0 cm³/mol. The van der Waals surface area contributed by atoms with Crippen molar-refractivity contribution in [3.8, 4) is 11.1 Å². The van der Waals surface area contributed by atoms with Crippen LogP contribution in [0.15, 0.2) is 42.6 Å². The number of rotatable bonds is 4. The van der Waals surface area contributed by atoms with Crippen LogP contribution in [0.5, 0.6) is 0 Å². The first-order valence-corrected chi connectivity index (χ1v) is 7.42. The number of nitro groups is 1. The Morgan fingerprint density at radius 1 is 1.33 bits per heavy atom. The summed E-state index contributed by atoms with van der Waals surface area (Å²) >= 11 is 0. The van der Waals surface area contributed by atoms with Crippen molar-refractivity contribution in [2.45, 2.75) is 13.8 Å². The Hall–Kier alpha value is -3.22. The van der Waals surface area contributed by atoms with Crippen LogP contribution in [0.3, 0.4) is 0 Å². The van der Waals surface area contributed by atoms with Crippen molar-refractivity contribution < 1.29 is 14.5 Å². The lowest BCUT2D eigenvalue weighted by Crippen LogP contribution is -2.10. The fourth-order valence-corrected chi connectivity index (χ4v) is 2.61. The van der Waals surface area contributed by atoms with Crippen LogP contribution in [0.2, 0.25) is 0 Å². The molecule has 0 spiro atoms. The largest absolute Gasteiger partial charge is 0.461 e. The van der Waals surface area contributed by atoms with E-state index < -0.39 is 16.7 Å². The molecule has 7 heteroatoms. The second-order valence-corrected chi connectivity index (χ2v) is 5.23. The van der Waals surface area contributed by atoms with Gasteiger partial charge in [-0.05, 0) is 34.9 Å². The smallest absolute Gasteiger partial charge is 0.397 e. The average molecular weight is 325 g/mol. The minimum atomic E-state index is -0.764. The van der Waals surface area contributed by atoms with E-state index in [0.717, 1.165) is 16.7 Å². The molecule has 0 radical (unpaired) electrons. The van der Waals surface area contributed by atoms with E-state index in [4.69, 9.17) is 4.74 Å².